The van der Waals surface area contributed by atoms with Gasteiger partial charge in [0.1, 0.15) is 5.82 Å². The van der Waals surface area contributed by atoms with Gasteiger partial charge in [0, 0.05) is 23.0 Å². The van der Waals surface area contributed by atoms with Crippen LogP contribution in [0.15, 0.2) is 23.8 Å². The van der Waals surface area contributed by atoms with E-state index < -0.39 is 10.7 Å². The van der Waals surface area contributed by atoms with Gasteiger partial charge in [-0.2, -0.15) is 0 Å². The molecule has 1 aromatic carbocycles. The second-order valence-corrected chi connectivity index (χ2v) is 5.71. The van der Waals surface area contributed by atoms with E-state index in [4.69, 9.17) is 0 Å². The maximum atomic E-state index is 13.8. The minimum atomic E-state index is -0.495. The van der Waals surface area contributed by atoms with Crippen LogP contribution in [-0.2, 0) is 0 Å². The molecule has 0 N–H and O–H groups in total. The van der Waals surface area contributed by atoms with Crippen molar-refractivity contribution in [1.29, 1.82) is 0 Å². The maximum Gasteiger partial charge on any atom is 0.270 e. The first-order valence-electron chi connectivity index (χ1n) is 6.82. The van der Waals surface area contributed by atoms with E-state index >= 15 is 0 Å². The molecule has 0 saturated heterocycles. The lowest BCUT2D eigenvalue weighted by Gasteiger charge is -2.23. The van der Waals surface area contributed by atoms with Crippen molar-refractivity contribution in [3.05, 3.63) is 45.3 Å². The molecule has 1 fully saturated rings. The van der Waals surface area contributed by atoms with Crippen molar-refractivity contribution >= 4 is 27.7 Å². The number of rotatable bonds is 4. The normalized spacial score (nSPS) is 17.2. The van der Waals surface area contributed by atoms with Crippen molar-refractivity contribution < 1.29 is 9.31 Å². The molecule has 0 spiro atoms. The number of nitrogens with zero attached hydrogens (tertiary/aromatic N) is 1. The lowest BCUT2D eigenvalue weighted by molar-refractivity contribution is -0.384. The lowest BCUT2D eigenvalue weighted by atomic mass is 9.84. The third-order valence-electron chi connectivity index (χ3n) is 3.82. The van der Waals surface area contributed by atoms with Crippen LogP contribution in [0.4, 0.5) is 10.1 Å². The van der Waals surface area contributed by atoms with E-state index in [1.165, 1.54) is 31.4 Å². The van der Waals surface area contributed by atoms with Crippen LogP contribution in [0, 0.1) is 21.8 Å². The van der Waals surface area contributed by atoms with Crippen LogP contribution in [0.25, 0.3) is 6.08 Å². The molecular weight excluding hydrogens is 325 g/mol. The van der Waals surface area contributed by atoms with Gasteiger partial charge in [0.05, 0.1) is 4.92 Å². The highest BCUT2D eigenvalue weighted by Crippen LogP contribution is 2.32. The molecule has 20 heavy (non-hydrogen) atoms. The molecule has 0 aliphatic heterocycles. The number of nitro benzene ring substituents is 1. The average molecular weight is 342 g/mol. The van der Waals surface area contributed by atoms with Crippen LogP contribution in [0.5, 0.6) is 0 Å². The molecule has 0 amide bonds. The van der Waals surface area contributed by atoms with Gasteiger partial charge in [-0.1, -0.05) is 46.8 Å². The van der Waals surface area contributed by atoms with E-state index in [2.05, 4.69) is 15.9 Å². The second kappa shape index (κ2) is 6.97. The van der Waals surface area contributed by atoms with Crippen LogP contribution >= 0.6 is 15.9 Å². The molecule has 0 radical (unpaired) electrons. The van der Waals surface area contributed by atoms with E-state index in [0.29, 0.717) is 16.8 Å². The van der Waals surface area contributed by atoms with Crippen LogP contribution in [0.2, 0.25) is 0 Å². The first-order valence-corrected chi connectivity index (χ1v) is 7.94. The van der Waals surface area contributed by atoms with Gasteiger partial charge in [0.15, 0.2) is 0 Å². The molecule has 1 aliphatic rings. The summed E-state index contributed by atoms with van der Waals surface area (Å²) >= 11 is 3.46. The summed E-state index contributed by atoms with van der Waals surface area (Å²) in [6.45, 7) is 0. The van der Waals surface area contributed by atoms with Gasteiger partial charge < -0.3 is 0 Å². The second-order valence-electron chi connectivity index (χ2n) is 5.15. The minimum Gasteiger partial charge on any atom is -0.258 e. The first-order chi connectivity index (χ1) is 9.61. The lowest BCUT2D eigenvalue weighted by Crippen LogP contribution is -2.10. The summed E-state index contributed by atoms with van der Waals surface area (Å²) < 4.78 is 13.8. The summed E-state index contributed by atoms with van der Waals surface area (Å²) in [6, 6.07) is 3.67. The van der Waals surface area contributed by atoms with Crippen molar-refractivity contribution in [1.82, 2.24) is 0 Å². The maximum absolute atomic E-state index is 13.8. The van der Waals surface area contributed by atoms with Crippen LogP contribution in [-0.4, -0.2) is 10.3 Å². The fraction of sp³-hybridized carbons (Fsp3) is 0.467. The zero-order valence-corrected chi connectivity index (χ0v) is 12.7. The molecule has 1 saturated carbocycles. The Morgan fingerprint density at radius 1 is 1.40 bits per heavy atom. The summed E-state index contributed by atoms with van der Waals surface area (Å²) in [5.41, 5.74) is 1.36. The molecule has 0 unspecified atom stereocenters. The highest BCUT2D eigenvalue weighted by atomic mass is 79.9. The van der Waals surface area contributed by atoms with Gasteiger partial charge in [0.2, 0.25) is 0 Å². The van der Waals surface area contributed by atoms with Gasteiger partial charge >= 0.3 is 0 Å². The Labute approximate surface area is 126 Å². The van der Waals surface area contributed by atoms with Crippen LogP contribution < -0.4 is 0 Å². The molecule has 108 valence electrons. The van der Waals surface area contributed by atoms with Crippen molar-refractivity contribution in [3.8, 4) is 0 Å². The predicted molar refractivity (Wildman–Crippen MR) is 81.4 cm³/mol. The van der Waals surface area contributed by atoms with E-state index in [1.807, 2.05) is 0 Å². The quantitative estimate of drug-likeness (QED) is 0.434. The Morgan fingerprint density at radius 3 is 2.70 bits per heavy atom. The fourth-order valence-corrected chi connectivity index (χ4v) is 3.31. The smallest absolute Gasteiger partial charge is 0.258 e. The van der Waals surface area contributed by atoms with E-state index in [9.17, 15) is 14.5 Å². The molecule has 0 bridgehead atoms. The number of hydrogen-bond acceptors (Lipinski definition) is 2. The Bertz CT molecular complexity index is 525. The van der Waals surface area contributed by atoms with Gasteiger partial charge in [-0.15, -0.1) is 0 Å². The van der Waals surface area contributed by atoms with Crippen LogP contribution in [0.1, 0.15) is 37.7 Å². The monoisotopic (exact) mass is 341 g/mol. The minimum absolute atomic E-state index is 0.0739. The number of non-ortho nitro benzene ring substituents is 1. The largest absolute Gasteiger partial charge is 0.270 e. The topological polar surface area (TPSA) is 43.1 Å². The predicted octanol–water partition coefficient (Wildman–Crippen LogP) is 5.09. The molecule has 2 rings (SSSR count). The number of alkyl halides is 1. The van der Waals surface area contributed by atoms with Crippen molar-refractivity contribution in [2.24, 2.45) is 5.92 Å². The molecule has 0 atom stereocenters. The summed E-state index contributed by atoms with van der Waals surface area (Å²) in [6.07, 6.45) is 7.67. The van der Waals surface area contributed by atoms with Gasteiger partial charge in [0.25, 0.3) is 5.69 Å². The summed E-state index contributed by atoms with van der Waals surface area (Å²) in [5.74, 6) is 0.0478. The zero-order valence-electron chi connectivity index (χ0n) is 11.1. The highest BCUT2D eigenvalue weighted by molar-refractivity contribution is 9.09. The molecule has 5 heteroatoms. The van der Waals surface area contributed by atoms with Crippen molar-refractivity contribution in [2.45, 2.75) is 32.1 Å². The third-order valence-corrected chi connectivity index (χ3v) is 4.46. The molecule has 1 aliphatic carbocycles. The zero-order chi connectivity index (χ0) is 14.5. The summed E-state index contributed by atoms with van der Waals surface area (Å²) in [4.78, 5) is 10.3. The van der Waals surface area contributed by atoms with Crippen molar-refractivity contribution in [3.63, 3.8) is 0 Å². The van der Waals surface area contributed by atoms with E-state index in [0.717, 1.165) is 24.5 Å². The average Bonchev–Trinajstić information content (AvgIpc) is 2.47. The molecule has 3 nitrogen and oxygen atoms in total. The molecule has 0 heterocycles. The Hall–Kier alpha value is -1.23. The van der Waals surface area contributed by atoms with E-state index in [1.54, 1.807) is 6.08 Å². The number of halogens is 2. The van der Waals surface area contributed by atoms with Gasteiger partial charge in [-0.05, 0) is 24.8 Å². The fourth-order valence-electron chi connectivity index (χ4n) is 2.69. The number of allylic oxidation sites excluding steroid dienone is 1. The van der Waals surface area contributed by atoms with Gasteiger partial charge in [-0.3, -0.25) is 10.1 Å². The SMILES string of the molecule is O=[N+]([O-])c1ccc(F)c(/C=C(/CBr)C2CCCCC2)c1. The summed E-state index contributed by atoms with van der Waals surface area (Å²) in [5, 5.41) is 11.5. The highest BCUT2D eigenvalue weighted by Gasteiger charge is 2.18. The van der Waals surface area contributed by atoms with Crippen LogP contribution in [0.3, 0.4) is 0 Å². The Kier molecular flexibility index (Phi) is 5.29. The summed E-state index contributed by atoms with van der Waals surface area (Å²) in [7, 11) is 0. The number of benzene rings is 1. The molecule has 0 aromatic heterocycles. The third kappa shape index (κ3) is 3.66. The first kappa shape index (κ1) is 15.2. The Morgan fingerprint density at radius 2 is 2.10 bits per heavy atom. The molecule has 1 aromatic rings. The van der Waals surface area contributed by atoms with Crippen molar-refractivity contribution in [2.75, 3.05) is 5.33 Å². The molecular formula is C15H17BrFNO2. The van der Waals surface area contributed by atoms with Gasteiger partial charge in [-0.25, -0.2) is 4.39 Å². The number of hydrogen-bond donors (Lipinski definition) is 0. The Balaban J connectivity index is 2.30. The number of nitro groups is 1. The van der Waals surface area contributed by atoms with E-state index in [-0.39, 0.29) is 5.69 Å². The standard InChI is InChI=1S/C15H17BrFNO2/c16-10-13(11-4-2-1-3-5-11)8-12-9-14(18(19)20)6-7-15(12)17/h6-9,11H,1-5,10H2/b13-8-.